The number of nitrogens with one attached hydrogen (secondary N) is 1. The summed E-state index contributed by atoms with van der Waals surface area (Å²) in [6, 6.07) is 63.5. The van der Waals surface area contributed by atoms with Gasteiger partial charge in [-0.2, -0.15) is 0 Å². The Morgan fingerprint density at radius 1 is 0.566 bits per heavy atom. The average molecular weight is 683 g/mol. The van der Waals surface area contributed by atoms with Crippen LogP contribution < -0.4 is 11.1 Å². The van der Waals surface area contributed by atoms with E-state index in [9.17, 15) is 0 Å². The zero-order chi connectivity index (χ0) is 35.9. The van der Waals surface area contributed by atoms with Gasteiger partial charge in [-0.1, -0.05) is 184 Å². The Hall–Kier alpha value is -6.22. The van der Waals surface area contributed by atoms with E-state index in [1.807, 2.05) is 18.2 Å². The molecule has 8 aromatic rings. The first-order valence-corrected chi connectivity index (χ1v) is 18.6. The molecule has 0 aliphatic heterocycles. The summed E-state index contributed by atoms with van der Waals surface area (Å²) in [5.41, 5.74) is 21.6. The fourth-order valence-electron chi connectivity index (χ4n) is 8.35. The van der Waals surface area contributed by atoms with Crippen LogP contribution in [0.1, 0.15) is 47.8 Å². The molecule has 0 amide bonds. The number of hydrogen-bond acceptors (Lipinski definition) is 2. The largest absolute Gasteiger partial charge is 0.366 e. The van der Waals surface area contributed by atoms with Crippen molar-refractivity contribution in [2.45, 2.75) is 31.8 Å². The summed E-state index contributed by atoms with van der Waals surface area (Å²) < 4.78 is 0. The predicted molar refractivity (Wildman–Crippen MR) is 225 cm³/mol. The number of hydrogen-bond donors (Lipinski definition) is 2. The standard InChI is InChI=1S/C51H42N2/c1-51(2)46-25-13-23-43(49(46)45-32-39-18-6-7-19-40(39)33-47(45)51)36-26-28-37(29-27-36)48(53-50(52)38-16-4-3-5-17-38)31-30-35-15-9-11-22-42(35)44-24-12-20-34-14-8-10-21-41(34)44/h3-29,31-33,50,53H,30,52H2,1-2H3/b48-31-. The number of rotatable bonds is 8. The molecule has 1 atom stereocenters. The summed E-state index contributed by atoms with van der Waals surface area (Å²) in [6.07, 6.45) is 2.68. The van der Waals surface area contributed by atoms with E-state index >= 15 is 0 Å². The van der Waals surface area contributed by atoms with Crippen LogP contribution in [-0.4, -0.2) is 0 Å². The fraction of sp³-hybridized carbons (Fsp3) is 0.0980. The van der Waals surface area contributed by atoms with Crippen molar-refractivity contribution in [2.24, 2.45) is 5.73 Å². The molecule has 0 heterocycles. The average Bonchev–Trinajstić information content (AvgIpc) is 3.44. The van der Waals surface area contributed by atoms with Crippen molar-refractivity contribution in [3.63, 3.8) is 0 Å². The molecule has 0 fully saturated rings. The first-order chi connectivity index (χ1) is 26.0. The SMILES string of the molecule is CC1(C)c2cc3ccccc3cc2-c2c(-c3ccc(/C(=C/Cc4ccccc4-c4cccc5ccccc45)NC(N)c4ccccc4)cc3)cccc21. The van der Waals surface area contributed by atoms with Crippen LogP contribution in [-0.2, 0) is 11.8 Å². The molecule has 0 aromatic heterocycles. The molecule has 53 heavy (non-hydrogen) atoms. The monoisotopic (exact) mass is 682 g/mol. The summed E-state index contributed by atoms with van der Waals surface area (Å²) in [5.74, 6) is 0. The highest BCUT2D eigenvalue weighted by molar-refractivity contribution is 5.99. The first kappa shape index (κ1) is 32.7. The van der Waals surface area contributed by atoms with E-state index in [0.29, 0.717) is 0 Å². The van der Waals surface area contributed by atoms with E-state index in [1.165, 1.54) is 71.6 Å². The maximum absolute atomic E-state index is 6.83. The van der Waals surface area contributed by atoms with Gasteiger partial charge in [0.05, 0.1) is 0 Å². The number of fused-ring (bicyclic) bond motifs is 5. The third kappa shape index (κ3) is 5.92. The van der Waals surface area contributed by atoms with Crippen molar-refractivity contribution in [1.29, 1.82) is 0 Å². The zero-order valence-corrected chi connectivity index (χ0v) is 30.2. The van der Waals surface area contributed by atoms with Gasteiger partial charge < -0.3 is 11.1 Å². The Labute approximate surface area is 312 Å². The summed E-state index contributed by atoms with van der Waals surface area (Å²) in [4.78, 5) is 0. The van der Waals surface area contributed by atoms with Gasteiger partial charge in [0.1, 0.15) is 6.17 Å². The van der Waals surface area contributed by atoms with Crippen LogP contribution >= 0.6 is 0 Å². The predicted octanol–water partition coefficient (Wildman–Crippen LogP) is 12.5. The van der Waals surface area contributed by atoms with E-state index in [0.717, 1.165) is 23.2 Å². The van der Waals surface area contributed by atoms with Gasteiger partial charge in [0.25, 0.3) is 0 Å². The molecule has 0 saturated heterocycles. The molecule has 3 N–H and O–H groups in total. The number of allylic oxidation sites excluding steroid dienone is 1. The van der Waals surface area contributed by atoms with Crippen LogP contribution in [0.25, 0.3) is 60.6 Å². The van der Waals surface area contributed by atoms with Gasteiger partial charge in [-0.05, 0) is 101 Å². The van der Waals surface area contributed by atoms with Gasteiger partial charge in [0.15, 0.2) is 0 Å². The second kappa shape index (κ2) is 13.4. The molecule has 0 bridgehead atoms. The van der Waals surface area contributed by atoms with Crippen molar-refractivity contribution in [2.75, 3.05) is 0 Å². The van der Waals surface area contributed by atoms with Crippen LogP contribution in [0.3, 0.4) is 0 Å². The Morgan fingerprint density at radius 2 is 1.19 bits per heavy atom. The minimum absolute atomic E-state index is 0.0830. The van der Waals surface area contributed by atoms with E-state index in [1.54, 1.807) is 0 Å². The number of benzene rings is 8. The molecule has 1 aliphatic rings. The Kier molecular flexibility index (Phi) is 8.26. The Bertz CT molecular complexity index is 2640. The van der Waals surface area contributed by atoms with Crippen LogP contribution in [0.4, 0.5) is 0 Å². The summed E-state index contributed by atoms with van der Waals surface area (Å²) in [6.45, 7) is 4.72. The van der Waals surface area contributed by atoms with Crippen molar-refractivity contribution in [3.05, 3.63) is 210 Å². The van der Waals surface area contributed by atoms with Gasteiger partial charge in [0, 0.05) is 11.1 Å². The lowest BCUT2D eigenvalue weighted by Gasteiger charge is -2.22. The van der Waals surface area contributed by atoms with Crippen molar-refractivity contribution >= 4 is 27.2 Å². The van der Waals surface area contributed by atoms with Gasteiger partial charge in [-0.15, -0.1) is 0 Å². The molecule has 2 nitrogen and oxygen atoms in total. The highest BCUT2D eigenvalue weighted by atomic mass is 15.0. The lowest BCUT2D eigenvalue weighted by Crippen LogP contribution is -2.27. The minimum Gasteiger partial charge on any atom is -0.366 e. The van der Waals surface area contributed by atoms with E-state index in [2.05, 4.69) is 183 Å². The maximum Gasteiger partial charge on any atom is 0.101 e. The molecule has 2 heteroatoms. The molecule has 1 aliphatic carbocycles. The van der Waals surface area contributed by atoms with Gasteiger partial charge in [0.2, 0.25) is 0 Å². The van der Waals surface area contributed by atoms with Crippen molar-refractivity contribution in [1.82, 2.24) is 5.32 Å². The molecular formula is C51H42N2. The second-order valence-electron chi connectivity index (χ2n) is 14.7. The minimum atomic E-state index is -0.360. The van der Waals surface area contributed by atoms with E-state index in [4.69, 9.17) is 5.73 Å². The molecule has 1 unspecified atom stereocenters. The van der Waals surface area contributed by atoms with Crippen LogP contribution in [0, 0.1) is 0 Å². The van der Waals surface area contributed by atoms with Gasteiger partial charge in [-0.25, -0.2) is 0 Å². The van der Waals surface area contributed by atoms with Crippen molar-refractivity contribution < 1.29 is 0 Å². The Balaban J connectivity index is 1.10. The third-order valence-corrected chi connectivity index (χ3v) is 11.2. The zero-order valence-electron chi connectivity index (χ0n) is 30.2. The lowest BCUT2D eigenvalue weighted by atomic mass is 9.81. The molecule has 9 rings (SSSR count). The smallest absolute Gasteiger partial charge is 0.101 e. The van der Waals surface area contributed by atoms with E-state index < -0.39 is 0 Å². The molecule has 0 radical (unpaired) electrons. The molecule has 256 valence electrons. The maximum atomic E-state index is 6.83. The normalized spacial score (nSPS) is 13.8. The first-order valence-electron chi connectivity index (χ1n) is 18.6. The summed E-state index contributed by atoms with van der Waals surface area (Å²) in [5, 5.41) is 8.76. The molecule has 0 spiro atoms. The van der Waals surface area contributed by atoms with E-state index in [-0.39, 0.29) is 11.6 Å². The summed E-state index contributed by atoms with van der Waals surface area (Å²) in [7, 11) is 0. The fourth-order valence-corrected chi connectivity index (χ4v) is 8.35. The van der Waals surface area contributed by atoms with Crippen molar-refractivity contribution in [3.8, 4) is 33.4 Å². The van der Waals surface area contributed by atoms with Crippen LogP contribution in [0.15, 0.2) is 182 Å². The highest BCUT2D eigenvalue weighted by Crippen LogP contribution is 2.53. The van der Waals surface area contributed by atoms with Crippen LogP contribution in [0.5, 0.6) is 0 Å². The third-order valence-electron chi connectivity index (χ3n) is 11.2. The highest BCUT2D eigenvalue weighted by Gasteiger charge is 2.37. The van der Waals surface area contributed by atoms with Gasteiger partial charge >= 0.3 is 0 Å². The number of nitrogens with two attached hydrogens (primary N) is 1. The summed E-state index contributed by atoms with van der Waals surface area (Å²) >= 11 is 0. The lowest BCUT2D eigenvalue weighted by molar-refractivity contribution is 0.661. The molecular weight excluding hydrogens is 641 g/mol. The van der Waals surface area contributed by atoms with Gasteiger partial charge in [-0.3, -0.25) is 0 Å². The topological polar surface area (TPSA) is 38.0 Å². The molecule has 8 aromatic carbocycles. The Morgan fingerprint density at radius 3 is 2.00 bits per heavy atom. The molecule has 0 saturated carbocycles. The second-order valence-corrected chi connectivity index (χ2v) is 14.7. The van der Waals surface area contributed by atoms with Crippen LogP contribution in [0.2, 0.25) is 0 Å². The quantitative estimate of drug-likeness (QED) is 0.157.